The van der Waals surface area contributed by atoms with Gasteiger partial charge in [0.05, 0.1) is 23.7 Å². The number of pyridine rings is 2. The van der Waals surface area contributed by atoms with Gasteiger partial charge in [0.15, 0.2) is 11.3 Å². The van der Waals surface area contributed by atoms with Gasteiger partial charge in [-0.05, 0) is 112 Å². The van der Waals surface area contributed by atoms with Crippen molar-refractivity contribution >= 4 is 35.0 Å². The molecule has 0 radical (unpaired) electrons. The number of ether oxygens (including phenoxy) is 2. The summed E-state index contributed by atoms with van der Waals surface area (Å²) < 4.78 is 20.8. The molecule has 6 heterocycles. The van der Waals surface area contributed by atoms with E-state index in [1.54, 1.807) is 9.03 Å². The van der Waals surface area contributed by atoms with Crippen LogP contribution in [0, 0.1) is 25.7 Å². The molecule has 302 valence electrons. The minimum absolute atomic E-state index is 0.00915. The molecule has 6 aromatic heterocycles. The van der Waals surface area contributed by atoms with Crippen molar-refractivity contribution < 1.29 is 23.6 Å². The minimum Gasteiger partial charge on any atom is -0.493 e. The molecule has 2 fully saturated rings. The normalized spacial score (nSPS) is 13.8. The number of fused-ring (bicyclic) bond motifs is 2. The number of hydrogen-bond donors (Lipinski definition) is 3. The number of benzene rings is 2. The zero-order chi connectivity index (χ0) is 40.7. The monoisotopic (exact) mass is 803 g/mol. The van der Waals surface area contributed by atoms with Crippen molar-refractivity contribution in [3.63, 3.8) is 0 Å². The Balaban J connectivity index is 0.836. The highest BCUT2D eigenvalue weighted by Gasteiger charge is 2.31. The summed E-state index contributed by atoms with van der Waals surface area (Å²) in [7, 11) is 0. The lowest BCUT2D eigenvalue weighted by Crippen LogP contribution is -2.14. The van der Waals surface area contributed by atoms with E-state index in [-0.39, 0.29) is 29.6 Å². The van der Waals surface area contributed by atoms with Crippen molar-refractivity contribution in [2.24, 2.45) is 11.8 Å². The summed E-state index contributed by atoms with van der Waals surface area (Å²) in [6.07, 6.45) is 4.69. The third kappa shape index (κ3) is 7.78. The van der Waals surface area contributed by atoms with Crippen LogP contribution >= 0.6 is 0 Å². The quantitative estimate of drug-likeness (QED) is 0.0975. The number of hydrogen-bond acceptors (Lipinski definition) is 11. The van der Waals surface area contributed by atoms with Gasteiger partial charge in [-0.2, -0.15) is 15.1 Å². The number of aromatic nitrogens is 9. The number of nitrogens with zero attached hydrogens (tertiary/aromatic N) is 8. The summed E-state index contributed by atoms with van der Waals surface area (Å²) >= 11 is 0. The molecule has 2 amide bonds. The van der Waals surface area contributed by atoms with E-state index in [2.05, 4.69) is 31.0 Å². The SMILES string of the molecule is Cc1cc(COc2ccc(-c3ccc(Cc4n[nH]c(C)c4CCOc4ccc(-c5cccc6nc(NC(=O)C7CC7)nn56)cc4)c4nc(NC(=O)C5CC5)nn34)cc2)no1. The van der Waals surface area contributed by atoms with Gasteiger partial charge < -0.3 is 14.0 Å². The van der Waals surface area contributed by atoms with E-state index in [0.29, 0.717) is 49.0 Å². The van der Waals surface area contributed by atoms with E-state index in [9.17, 15) is 9.59 Å². The molecule has 8 aromatic rings. The molecule has 0 spiro atoms. The maximum atomic E-state index is 12.7. The fraction of sp³-hybridized carbons (Fsp3) is 0.273. The van der Waals surface area contributed by atoms with Crippen molar-refractivity contribution in [3.8, 4) is 34.0 Å². The summed E-state index contributed by atoms with van der Waals surface area (Å²) in [5.41, 5.74) is 9.31. The third-order valence-corrected chi connectivity index (χ3v) is 10.8. The van der Waals surface area contributed by atoms with Gasteiger partial charge in [-0.15, -0.1) is 10.2 Å². The second-order valence-electron chi connectivity index (χ2n) is 15.4. The number of amides is 2. The first-order chi connectivity index (χ1) is 29.3. The van der Waals surface area contributed by atoms with Gasteiger partial charge in [-0.3, -0.25) is 25.3 Å². The Kier molecular flexibility index (Phi) is 9.50. The standard InChI is InChI=1S/C44H41N11O5/c1-25-22-32(53-60-25)24-59-34-17-12-28(13-18-34)38-19-14-31(40-46-44(52-55(38)40)48-42(57)30-8-9-30)23-36-35(26(2)49-50-36)20-21-58-33-15-10-27(11-16-33)37-4-3-5-39-45-43(51-54(37)39)47-41(56)29-6-7-29/h3-5,10-19,22,29-30H,6-9,20-21,23-24H2,1-2H3,(H,49,50)(H,47,51,56)(H,48,52,57). The molecule has 0 bridgehead atoms. The van der Waals surface area contributed by atoms with Gasteiger partial charge in [0.25, 0.3) is 0 Å². The zero-order valence-electron chi connectivity index (χ0n) is 33.0. The molecule has 2 aliphatic rings. The molecule has 0 aliphatic heterocycles. The van der Waals surface area contributed by atoms with E-state index in [4.69, 9.17) is 29.2 Å². The van der Waals surface area contributed by atoms with Crippen LogP contribution in [0.3, 0.4) is 0 Å². The molecule has 0 atom stereocenters. The maximum absolute atomic E-state index is 12.7. The first-order valence-electron chi connectivity index (χ1n) is 20.1. The second-order valence-corrected chi connectivity index (χ2v) is 15.4. The lowest BCUT2D eigenvalue weighted by atomic mass is 10.0. The number of nitrogens with one attached hydrogen (secondary N) is 3. The van der Waals surface area contributed by atoms with Gasteiger partial charge in [-0.25, -0.2) is 9.03 Å². The van der Waals surface area contributed by atoms with Crippen LogP contribution in [-0.4, -0.2) is 63.0 Å². The Labute approximate surface area is 343 Å². The molecule has 10 rings (SSSR count). The second kappa shape index (κ2) is 15.4. The fourth-order valence-electron chi connectivity index (χ4n) is 7.23. The number of H-pyrrole nitrogens is 1. The first-order valence-corrected chi connectivity index (χ1v) is 20.1. The number of carbonyl (C=O) groups is 2. The van der Waals surface area contributed by atoms with Gasteiger partial charge in [0.1, 0.15) is 29.6 Å². The van der Waals surface area contributed by atoms with Crippen molar-refractivity contribution in [1.29, 1.82) is 0 Å². The Hall–Kier alpha value is -7.36. The van der Waals surface area contributed by atoms with E-state index in [1.165, 1.54) is 0 Å². The molecule has 0 unspecified atom stereocenters. The lowest BCUT2D eigenvalue weighted by Gasteiger charge is -2.11. The molecular weight excluding hydrogens is 763 g/mol. The van der Waals surface area contributed by atoms with E-state index >= 15 is 0 Å². The van der Waals surface area contributed by atoms with Crippen LogP contribution in [0.2, 0.25) is 0 Å². The summed E-state index contributed by atoms with van der Waals surface area (Å²) in [5, 5.41) is 26.9. The Bertz CT molecular complexity index is 2870. The van der Waals surface area contributed by atoms with Crippen LogP contribution in [-0.2, 0) is 29.0 Å². The fourth-order valence-corrected chi connectivity index (χ4v) is 7.23. The molecule has 2 aliphatic carbocycles. The first kappa shape index (κ1) is 36.9. The molecular formula is C44H41N11O5. The van der Waals surface area contributed by atoms with Crippen molar-refractivity contribution in [3.05, 3.63) is 119 Å². The molecule has 16 nitrogen and oxygen atoms in total. The molecule has 2 aromatic carbocycles. The van der Waals surface area contributed by atoms with Crippen LogP contribution in [0.15, 0.2) is 89.5 Å². The molecule has 2 saturated carbocycles. The Morgan fingerprint density at radius 2 is 1.43 bits per heavy atom. The number of carbonyl (C=O) groups excluding carboxylic acids is 2. The highest BCUT2D eigenvalue weighted by molar-refractivity contribution is 5.93. The number of aryl methyl sites for hydroxylation is 2. The van der Waals surface area contributed by atoms with Crippen molar-refractivity contribution in [2.75, 3.05) is 17.2 Å². The van der Waals surface area contributed by atoms with E-state index in [1.807, 2.05) is 98.8 Å². The van der Waals surface area contributed by atoms with Crippen LogP contribution < -0.4 is 20.1 Å². The lowest BCUT2D eigenvalue weighted by molar-refractivity contribution is -0.118. The molecule has 16 heteroatoms. The molecule has 0 saturated heterocycles. The number of anilines is 2. The highest BCUT2D eigenvalue weighted by Crippen LogP contribution is 2.32. The van der Waals surface area contributed by atoms with Gasteiger partial charge in [0.2, 0.25) is 23.7 Å². The average molecular weight is 804 g/mol. The third-order valence-electron chi connectivity index (χ3n) is 10.8. The number of rotatable bonds is 15. The summed E-state index contributed by atoms with van der Waals surface area (Å²) in [6, 6.07) is 27.2. The average Bonchev–Trinajstić information content (AvgIpc) is 4.14. The van der Waals surface area contributed by atoms with E-state index in [0.717, 1.165) is 87.9 Å². The zero-order valence-corrected chi connectivity index (χ0v) is 33.0. The van der Waals surface area contributed by atoms with Crippen molar-refractivity contribution in [1.82, 2.24) is 44.6 Å². The topological polar surface area (TPSA) is 192 Å². The molecule has 3 N–H and O–H groups in total. The Morgan fingerprint density at radius 1 is 0.783 bits per heavy atom. The maximum Gasteiger partial charge on any atom is 0.249 e. The van der Waals surface area contributed by atoms with Gasteiger partial charge >= 0.3 is 0 Å². The molecule has 60 heavy (non-hydrogen) atoms. The van der Waals surface area contributed by atoms with Gasteiger partial charge in [0, 0.05) is 53.1 Å². The highest BCUT2D eigenvalue weighted by atomic mass is 16.5. The summed E-state index contributed by atoms with van der Waals surface area (Å²) in [5.74, 6) is 2.71. The predicted molar refractivity (Wildman–Crippen MR) is 220 cm³/mol. The van der Waals surface area contributed by atoms with Gasteiger partial charge in [-0.1, -0.05) is 17.3 Å². The van der Waals surface area contributed by atoms with Crippen LogP contribution in [0.1, 0.15) is 59.7 Å². The van der Waals surface area contributed by atoms with Crippen molar-refractivity contribution in [2.45, 2.75) is 59.0 Å². The van der Waals surface area contributed by atoms with Crippen LogP contribution in [0.4, 0.5) is 11.9 Å². The smallest absolute Gasteiger partial charge is 0.249 e. The Morgan fingerprint density at radius 3 is 2.10 bits per heavy atom. The predicted octanol–water partition coefficient (Wildman–Crippen LogP) is 6.92. The van der Waals surface area contributed by atoms with E-state index < -0.39 is 0 Å². The largest absolute Gasteiger partial charge is 0.493 e. The summed E-state index contributed by atoms with van der Waals surface area (Å²) in [4.78, 5) is 34.4. The summed E-state index contributed by atoms with van der Waals surface area (Å²) in [6.45, 7) is 4.58. The minimum atomic E-state index is -0.0606. The number of aromatic amines is 1. The van der Waals surface area contributed by atoms with Crippen LogP contribution in [0.25, 0.3) is 33.8 Å². The van der Waals surface area contributed by atoms with Crippen LogP contribution in [0.5, 0.6) is 11.5 Å².